The highest BCUT2D eigenvalue weighted by atomic mass is 79.9. The summed E-state index contributed by atoms with van der Waals surface area (Å²) in [5, 5.41) is 12.7. The average Bonchev–Trinajstić information content (AvgIpc) is 3.43. The van der Waals surface area contributed by atoms with Crippen molar-refractivity contribution in [1.29, 1.82) is 0 Å². The lowest BCUT2D eigenvalue weighted by atomic mass is 10.0. The van der Waals surface area contributed by atoms with E-state index in [1.807, 2.05) is 90.2 Å². The highest BCUT2D eigenvalue weighted by Crippen LogP contribution is 2.27. The van der Waals surface area contributed by atoms with E-state index in [1.54, 1.807) is 6.20 Å². The van der Waals surface area contributed by atoms with Crippen molar-refractivity contribution in [1.82, 2.24) is 24.5 Å². The number of hydrogen-bond acceptors (Lipinski definition) is 4. The topological polar surface area (TPSA) is 77.6 Å². The number of para-hydroxylation sites is 1. The Balaban J connectivity index is 1.48. The maximum Gasteiger partial charge on any atom is 0.256 e. The molecule has 1 amide bonds. The van der Waals surface area contributed by atoms with Gasteiger partial charge in [0, 0.05) is 35.6 Å². The van der Waals surface area contributed by atoms with Crippen molar-refractivity contribution in [3.8, 4) is 11.3 Å². The van der Waals surface area contributed by atoms with Crippen molar-refractivity contribution in [2.75, 3.05) is 5.32 Å². The maximum atomic E-state index is 13.4. The molecule has 5 rings (SSSR count). The third-order valence-electron chi connectivity index (χ3n) is 5.64. The first-order valence-corrected chi connectivity index (χ1v) is 11.8. The molecule has 0 atom stereocenters. The Morgan fingerprint density at radius 1 is 1.06 bits per heavy atom. The SMILES string of the molecule is CCn1cc(-c2cc(C(=O)Nc3cccc(Cn4cc(Br)cn4)c3)c3ccccc3n2)c(C)n1. The second-order valence-electron chi connectivity index (χ2n) is 8.07. The van der Waals surface area contributed by atoms with Crippen molar-refractivity contribution in [3.63, 3.8) is 0 Å². The molecule has 8 heteroatoms. The zero-order valence-electron chi connectivity index (χ0n) is 18.9. The van der Waals surface area contributed by atoms with Crippen LogP contribution in [0.25, 0.3) is 22.2 Å². The summed E-state index contributed by atoms with van der Waals surface area (Å²) in [6.07, 6.45) is 5.65. The number of aryl methyl sites for hydroxylation is 2. The van der Waals surface area contributed by atoms with Gasteiger partial charge in [-0.1, -0.05) is 30.3 Å². The molecule has 1 N–H and O–H groups in total. The van der Waals surface area contributed by atoms with Crippen LogP contribution in [0.15, 0.2) is 77.7 Å². The predicted molar refractivity (Wildman–Crippen MR) is 137 cm³/mol. The van der Waals surface area contributed by atoms with Crippen molar-refractivity contribution in [2.24, 2.45) is 0 Å². The fourth-order valence-electron chi connectivity index (χ4n) is 3.99. The summed E-state index contributed by atoms with van der Waals surface area (Å²) in [6, 6.07) is 17.4. The smallest absolute Gasteiger partial charge is 0.256 e. The van der Waals surface area contributed by atoms with E-state index in [1.165, 1.54) is 0 Å². The van der Waals surface area contributed by atoms with Crippen molar-refractivity contribution in [2.45, 2.75) is 26.9 Å². The summed E-state index contributed by atoms with van der Waals surface area (Å²) in [5.74, 6) is -0.181. The number of amides is 1. The summed E-state index contributed by atoms with van der Waals surface area (Å²) in [7, 11) is 0. The second kappa shape index (κ2) is 9.23. The average molecular weight is 515 g/mol. The number of benzene rings is 2. The zero-order chi connectivity index (χ0) is 23.7. The number of aromatic nitrogens is 5. The standard InChI is InChI=1S/C26H23BrN6O/c1-3-32-16-23(17(2)31-32)25-12-22(21-9-4-5-10-24(21)30-25)26(34)29-20-8-6-7-18(11-20)14-33-15-19(27)13-28-33/h4-13,15-16H,3,14H2,1-2H3,(H,29,34). The molecule has 0 saturated carbocycles. The van der Waals surface area contributed by atoms with Gasteiger partial charge in [-0.25, -0.2) is 4.98 Å². The molecule has 0 unspecified atom stereocenters. The molecule has 3 heterocycles. The van der Waals surface area contributed by atoms with Gasteiger partial charge in [-0.3, -0.25) is 14.2 Å². The van der Waals surface area contributed by atoms with Crippen LogP contribution >= 0.6 is 15.9 Å². The lowest BCUT2D eigenvalue weighted by Crippen LogP contribution is -2.13. The molecular weight excluding hydrogens is 492 g/mol. The van der Waals surface area contributed by atoms with Gasteiger partial charge in [-0.15, -0.1) is 0 Å². The van der Waals surface area contributed by atoms with Crippen molar-refractivity contribution in [3.05, 3.63) is 94.5 Å². The monoisotopic (exact) mass is 514 g/mol. The van der Waals surface area contributed by atoms with Gasteiger partial charge in [0.05, 0.1) is 39.7 Å². The molecule has 0 radical (unpaired) electrons. The van der Waals surface area contributed by atoms with E-state index in [4.69, 9.17) is 4.98 Å². The Bertz CT molecular complexity index is 1500. The van der Waals surface area contributed by atoms with Crippen LogP contribution in [0.3, 0.4) is 0 Å². The molecule has 5 aromatic rings. The minimum Gasteiger partial charge on any atom is -0.322 e. The van der Waals surface area contributed by atoms with Gasteiger partial charge in [-0.2, -0.15) is 10.2 Å². The summed E-state index contributed by atoms with van der Waals surface area (Å²) in [6.45, 7) is 5.38. The highest BCUT2D eigenvalue weighted by Gasteiger charge is 2.17. The highest BCUT2D eigenvalue weighted by molar-refractivity contribution is 9.10. The van der Waals surface area contributed by atoms with E-state index in [-0.39, 0.29) is 5.91 Å². The van der Waals surface area contributed by atoms with E-state index in [9.17, 15) is 4.79 Å². The van der Waals surface area contributed by atoms with E-state index in [2.05, 4.69) is 31.4 Å². The normalized spacial score (nSPS) is 11.1. The fraction of sp³-hybridized carbons (Fsp3) is 0.154. The maximum absolute atomic E-state index is 13.4. The van der Waals surface area contributed by atoms with Gasteiger partial charge in [0.15, 0.2) is 0 Å². The number of nitrogens with one attached hydrogen (secondary N) is 1. The van der Waals surface area contributed by atoms with Gasteiger partial charge in [0.25, 0.3) is 5.91 Å². The number of nitrogens with zero attached hydrogens (tertiary/aromatic N) is 5. The van der Waals surface area contributed by atoms with E-state index in [0.29, 0.717) is 12.1 Å². The van der Waals surface area contributed by atoms with Crippen LogP contribution in [0.1, 0.15) is 28.5 Å². The summed E-state index contributed by atoms with van der Waals surface area (Å²) < 4.78 is 4.65. The van der Waals surface area contributed by atoms with E-state index >= 15 is 0 Å². The van der Waals surface area contributed by atoms with Crippen LogP contribution in [0.2, 0.25) is 0 Å². The van der Waals surface area contributed by atoms with E-state index < -0.39 is 0 Å². The Labute approximate surface area is 205 Å². The quantitative estimate of drug-likeness (QED) is 0.316. The first-order valence-electron chi connectivity index (χ1n) is 11.0. The lowest BCUT2D eigenvalue weighted by molar-refractivity contribution is 0.102. The summed E-state index contributed by atoms with van der Waals surface area (Å²) in [4.78, 5) is 18.3. The Kier molecular flexibility index (Phi) is 5.98. The molecule has 0 aliphatic heterocycles. The van der Waals surface area contributed by atoms with Gasteiger partial charge in [0.2, 0.25) is 0 Å². The van der Waals surface area contributed by atoms with Crippen molar-refractivity contribution < 1.29 is 4.79 Å². The van der Waals surface area contributed by atoms with Gasteiger partial charge < -0.3 is 5.32 Å². The Morgan fingerprint density at radius 3 is 2.68 bits per heavy atom. The number of carbonyl (C=O) groups is 1. The van der Waals surface area contributed by atoms with Crippen LogP contribution in [0.5, 0.6) is 0 Å². The molecule has 0 bridgehead atoms. The molecule has 34 heavy (non-hydrogen) atoms. The third kappa shape index (κ3) is 4.49. The molecule has 170 valence electrons. The minimum atomic E-state index is -0.181. The predicted octanol–water partition coefficient (Wildman–Crippen LogP) is 5.69. The number of hydrogen-bond donors (Lipinski definition) is 1. The second-order valence-corrected chi connectivity index (χ2v) is 8.98. The minimum absolute atomic E-state index is 0.181. The van der Waals surface area contributed by atoms with Gasteiger partial charge in [-0.05, 0) is 59.6 Å². The largest absolute Gasteiger partial charge is 0.322 e. The number of halogens is 1. The number of fused-ring (bicyclic) bond motifs is 1. The van der Waals surface area contributed by atoms with Gasteiger partial charge in [0.1, 0.15) is 0 Å². The van der Waals surface area contributed by atoms with Crippen LogP contribution < -0.4 is 5.32 Å². The fourth-order valence-corrected chi connectivity index (χ4v) is 4.32. The summed E-state index contributed by atoms with van der Waals surface area (Å²) in [5.41, 5.74) is 5.65. The van der Waals surface area contributed by atoms with Crippen molar-refractivity contribution >= 4 is 38.4 Å². The zero-order valence-corrected chi connectivity index (χ0v) is 20.5. The number of anilines is 1. The molecule has 0 aliphatic rings. The number of rotatable bonds is 6. The molecule has 0 saturated heterocycles. The molecule has 3 aromatic heterocycles. The van der Waals surface area contributed by atoms with Gasteiger partial charge >= 0.3 is 0 Å². The lowest BCUT2D eigenvalue weighted by Gasteiger charge is -2.11. The van der Waals surface area contributed by atoms with Crippen LogP contribution in [0, 0.1) is 6.92 Å². The Morgan fingerprint density at radius 2 is 1.91 bits per heavy atom. The number of pyridine rings is 1. The Hall–Kier alpha value is -3.78. The first-order chi connectivity index (χ1) is 16.5. The molecule has 0 aliphatic carbocycles. The van der Waals surface area contributed by atoms with E-state index in [0.717, 1.165) is 50.1 Å². The molecule has 7 nitrogen and oxygen atoms in total. The molecule has 2 aromatic carbocycles. The number of carbonyl (C=O) groups excluding carboxylic acids is 1. The first kappa shape index (κ1) is 22.0. The summed E-state index contributed by atoms with van der Waals surface area (Å²) >= 11 is 3.42. The van der Waals surface area contributed by atoms with Crippen LogP contribution in [-0.2, 0) is 13.1 Å². The van der Waals surface area contributed by atoms with Crippen LogP contribution in [-0.4, -0.2) is 30.5 Å². The third-order valence-corrected chi connectivity index (χ3v) is 6.05. The molecule has 0 spiro atoms. The molecular formula is C26H23BrN6O. The van der Waals surface area contributed by atoms with Crippen LogP contribution in [0.4, 0.5) is 5.69 Å². The molecule has 0 fully saturated rings.